The summed E-state index contributed by atoms with van der Waals surface area (Å²) in [5.74, 6) is 0.906. The van der Waals surface area contributed by atoms with Crippen molar-refractivity contribution in [2.24, 2.45) is 7.05 Å². The van der Waals surface area contributed by atoms with Gasteiger partial charge in [-0.3, -0.25) is 9.48 Å². The van der Waals surface area contributed by atoms with Gasteiger partial charge in [0, 0.05) is 32.6 Å². The number of para-hydroxylation sites is 1. The molecule has 0 saturated heterocycles. The Bertz CT molecular complexity index is 608. The number of carbonyl (C=O) groups is 1. The van der Waals surface area contributed by atoms with Gasteiger partial charge in [0.25, 0.3) is 0 Å². The largest absolute Gasteiger partial charge is 0.383 e. The zero-order valence-electron chi connectivity index (χ0n) is 13.4. The van der Waals surface area contributed by atoms with E-state index >= 15 is 0 Å². The summed E-state index contributed by atoms with van der Waals surface area (Å²) in [5.41, 5.74) is 2.25. The van der Waals surface area contributed by atoms with Crippen LogP contribution in [0.1, 0.15) is 25.7 Å². The number of hydrogen-bond donors (Lipinski definition) is 3. The fourth-order valence-corrected chi connectivity index (χ4v) is 2.65. The van der Waals surface area contributed by atoms with Gasteiger partial charge in [-0.05, 0) is 25.0 Å². The van der Waals surface area contributed by atoms with E-state index in [2.05, 4.69) is 39.2 Å². The first-order valence-electron chi connectivity index (χ1n) is 7.82. The van der Waals surface area contributed by atoms with Crippen LogP contribution in [-0.4, -0.2) is 36.3 Å². The molecule has 0 bridgehead atoms. The number of rotatable bonds is 10. The zero-order valence-corrected chi connectivity index (χ0v) is 13.4. The minimum Gasteiger partial charge on any atom is -0.383 e. The summed E-state index contributed by atoms with van der Waals surface area (Å²) in [6.45, 7) is 1.72. The summed E-state index contributed by atoms with van der Waals surface area (Å²) < 4.78 is 1.91. The van der Waals surface area contributed by atoms with Crippen LogP contribution in [0, 0.1) is 0 Å². The zero-order chi connectivity index (χ0) is 15.8. The van der Waals surface area contributed by atoms with Crippen LogP contribution in [0.5, 0.6) is 0 Å². The summed E-state index contributed by atoms with van der Waals surface area (Å²) in [4.78, 5) is 10.1. The fourth-order valence-electron chi connectivity index (χ4n) is 2.65. The highest BCUT2D eigenvalue weighted by Gasteiger charge is 2.10. The third kappa shape index (κ3) is 3.90. The van der Waals surface area contributed by atoms with Crippen molar-refractivity contribution in [1.29, 1.82) is 0 Å². The number of aryl methyl sites for hydroxylation is 1. The summed E-state index contributed by atoms with van der Waals surface area (Å²) in [6.07, 6.45) is 5.23. The maximum atomic E-state index is 10.1. The molecule has 120 valence electrons. The Balaban J connectivity index is 1.84. The van der Waals surface area contributed by atoms with Crippen LogP contribution in [0.3, 0.4) is 0 Å². The number of hydrogen-bond acceptors (Lipinski definition) is 4. The molecular formula is C16H25N5O. The summed E-state index contributed by atoms with van der Waals surface area (Å²) >= 11 is 0. The standard InChI is InChI=1S/C16H25N5O/c1-17-16-13-8-7-9-14(15(13)21(2)20-16)19-11-6-4-3-5-10-18-12-22/h7-9,12,19H,3-6,10-11H2,1-2H3,(H,17,20)(H,18,22). The number of nitrogens with one attached hydrogen (secondary N) is 3. The second-order valence-corrected chi connectivity index (χ2v) is 5.34. The summed E-state index contributed by atoms with van der Waals surface area (Å²) in [6, 6.07) is 6.23. The van der Waals surface area contributed by atoms with Crippen molar-refractivity contribution in [3.8, 4) is 0 Å². The number of carbonyl (C=O) groups excluding carboxylic acids is 1. The molecule has 0 aliphatic rings. The van der Waals surface area contributed by atoms with Gasteiger partial charge < -0.3 is 16.0 Å². The summed E-state index contributed by atoms with van der Waals surface area (Å²) in [5, 5.41) is 14.9. The molecule has 1 aromatic heterocycles. The van der Waals surface area contributed by atoms with E-state index in [1.54, 1.807) is 0 Å². The highest BCUT2D eigenvalue weighted by atomic mass is 16.1. The normalized spacial score (nSPS) is 10.6. The van der Waals surface area contributed by atoms with E-state index in [9.17, 15) is 4.79 Å². The maximum absolute atomic E-state index is 10.1. The molecule has 6 heteroatoms. The van der Waals surface area contributed by atoms with Crippen LogP contribution in [0.15, 0.2) is 18.2 Å². The molecule has 6 nitrogen and oxygen atoms in total. The van der Waals surface area contributed by atoms with Gasteiger partial charge in [0.2, 0.25) is 6.41 Å². The molecule has 1 aromatic carbocycles. The Morgan fingerprint density at radius 2 is 1.95 bits per heavy atom. The number of fused-ring (bicyclic) bond motifs is 1. The van der Waals surface area contributed by atoms with Crippen LogP contribution in [0.2, 0.25) is 0 Å². The van der Waals surface area contributed by atoms with Crippen LogP contribution in [0.25, 0.3) is 10.9 Å². The fraction of sp³-hybridized carbons (Fsp3) is 0.500. The van der Waals surface area contributed by atoms with Crippen molar-refractivity contribution in [1.82, 2.24) is 15.1 Å². The molecule has 1 heterocycles. The quantitative estimate of drug-likeness (QED) is 0.465. The van der Waals surface area contributed by atoms with Crippen molar-refractivity contribution >= 4 is 28.8 Å². The monoisotopic (exact) mass is 303 g/mol. The van der Waals surface area contributed by atoms with Crippen molar-refractivity contribution in [3.63, 3.8) is 0 Å². The van der Waals surface area contributed by atoms with E-state index < -0.39 is 0 Å². The molecule has 3 N–H and O–H groups in total. The minimum atomic E-state index is 0.759. The lowest BCUT2D eigenvalue weighted by atomic mass is 10.2. The van der Waals surface area contributed by atoms with E-state index in [0.717, 1.165) is 67.6 Å². The second-order valence-electron chi connectivity index (χ2n) is 5.34. The van der Waals surface area contributed by atoms with Crippen molar-refractivity contribution in [2.75, 3.05) is 30.8 Å². The molecule has 22 heavy (non-hydrogen) atoms. The number of anilines is 2. The first-order chi connectivity index (χ1) is 10.8. The first-order valence-corrected chi connectivity index (χ1v) is 7.82. The maximum Gasteiger partial charge on any atom is 0.207 e. The minimum absolute atomic E-state index is 0.759. The third-order valence-corrected chi connectivity index (χ3v) is 3.75. The highest BCUT2D eigenvalue weighted by molar-refractivity contribution is 5.98. The van der Waals surface area contributed by atoms with Gasteiger partial charge in [0.05, 0.1) is 11.2 Å². The van der Waals surface area contributed by atoms with Gasteiger partial charge in [-0.2, -0.15) is 5.10 Å². The highest BCUT2D eigenvalue weighted by Crippen LogP contribution is 2.28. The number of nitrogens with zero attached hydrogens (tertiary/aromatic N) is 2. The van der Waals surface area contributed by atoms with Crippen LogP contribution in [-0.2, 0) is 11.8 Å². The molecule has 0 atom stereocenters. The van der Waals surface area contributed by atoms with Crippen molar-refractivity contribution in [2.45, 2.75) is 25.7 Å². The molecule has 0 fully saturated rings. The third-order valence-electron chi connectivity index (χ3n) is 3.75. The molecule has 0 radical (unpaired) electrons. The summed E-state index contributed by atoms with van der Waals surface area (Å²) in [7, 11) is 3.86. The van der Waals surface area contributed by atoms with E-state index in [0.29, 0.717) is 0 Å². The predicted molar refractivity (Wildman–Crippen MR) is 91.3 cm³/mol. The van der Waals surface area contributed by atoms with Crippen LogP contribution >= 0.6 is 0 Å². The van der Waals surface area contributed by atoms with Gasteiger partial charge in [0.15, 0.2) is 5.82 Å². The molecular weight excluding hydrogens is 278 g/mol. The van der Waals surface area contributed by atoms with Gasteiger partial charge in [-0.15, -0.1) is 0 Å². The van der Waals surface area contributed by atoms with Crippen LogP contribution in [0.4, 0.5) is 11.5 Å². The molecule has 2 rings (SSSR count). The predicted octanol–water partition coefficient (Wildman–Crippen LogP) is 2.33. The molecule has 0 saturated carbocycles. The SMILES string of the molecule is CNc1nn(C)c2c(NCCCCCCNC=O)cccc12. The van der Waals surface area contributed by atoms with Crippen LogP contribution < -0.4 is 16.0 Å². The number of benzene rings is 1. The topological polar surface area (TPSA) is 71.0 Å². The number of aromatic nitrogens is 2. The Hall–Kier alpha value is -2.24. The average Bonchev–Trinajstić information content (AvgIpc) is 2.87. The van der Waals surface area contributed by atoms with E-state index in [4.69, 9.17) is 0 Å². The lowest BCUT2D eigenvalue weighted by Gasteiger charge is -2.09. The van der Waals surface area contributed by atoms with Crippen molar-refractivity contribution < 1.29 is 4.79 Å². The lowest BCUT2D eigenvalue weighted by molar-refractivity contribution is -0.109. The first kappa shape index (κ1) is 16.1. The van der Waals surface area contributed by atoms with E-state index in [1.165, 1.54) is 0 Å². The second kappa shape index (κ2) is 8.26. The van der Waals surface area contributed by atoms with E-state index in [-0.39, 0.29) is 0 Å². The molecule has 0 unspecified atom stereocenters. The van der Waals surface area contributed by atoms with E-state index in [1.807, 2.05) is 18.8 Å². The molecule has 2 aromatic rings. The Morgan fingerprint density at radius 3 is 2.68 bits per heavy atom. The van der Waals surface area contributed by atoms with Gasteiger partial charge in [-0.25, -0.2) is 0 Å². The van der Waals surface area contributed by atoms with Gasteiger partial charge in [0.1, 0.15) is 0 Å². The Kier molecular flexibility index (Phi) is 6.06. The Labute approximate surface area is 131 Å². The molecule has 0 spiro atoms. The van der Waals surface area contributed by atoms with Gasteiger partial charge >= 0.3 is 0 Å². The lowest BCUT2D eigenvalue weighted by Crippen LogP contribution is -2.11. The number of amides is 1. The molecule has 0 aliphatic heterocycles. The molecule has 0 aliphatic carbocycles. The Morgan fingerprint density at radius 1 is 1.18 bits per heavy atom. The number of unbranched alkanes of at least 4 members (excludes halogenated alkanes) is 3. The molecule has 1 amide bonds. The smallest absolute Gasteiger partial charge is 0.207 e. The average molecular weight is 303 g/mol. The van der Waals surface area contributed by atoms with Crippen molar-refractivity contribution in [3.05, 3.63) is 18.2 Å². The van der Waals surface area contributed by atoms with Gasteiger partial charge in [-0.1, -0.05) is 18.9 Å².